The van der Waals surface area contributed by atoms with E-state index in [1.165, 1.54) is 4.90 Å². The molecule has 0 spiro atoms. The summed E-state index contributed by atoms with van der Waals surface area (Å²) in [5, 5.41) is 11.1. The number of hydrogen-bond acceptors (Lipinski definition) is 3. The molecule has 0 radical (unpaired) electrons. The minimum absolute atomic E-state index is 0.283. The van der Waals surface area contributed by atoms with Gasteiger partial charge in [-0.2, -0.15) is 0 Å². The summed E-state index contributed by atoms with van der Waals surface area (Å²) in [6, 6.07) is -0.779. The van der Waals surface area contributed by atoms with Gasteiger partial charge in [-0.25, -0.2) is 9.59 Å². The molecule has 1 rings (SSSR count). The first-order chi connectivity index (χ1) is 8.04. The van der Waals surface area contributed by atoms with Gasteiger partial charge in [-0.05, 0) is 12.8 Å². The maximum Gasteiger partial charge on any atom is 0.404 e. The molecule has 2 atom stereocenters. The number of nitrogens with one attached hydrogen (secondary N) is 1. The topological polar surface area (TPSA) is 105 Å². The van der Waals surface area contributed by atoms with E-state index >= 15 is 0 Å². The Hall–Kier alpha value is -1.50. The van der Waals surface area contributed by atoms with Crippen molar-refractivity contribution in [1.82, 2.24) is 10.2 Å². The van der Waals surface area contributed by atoms with Crippen molar-refractivity contribution in [2.24, 2.45) is 5.73 Å². The molecule has 0 aromatic heterocycles. The van der Waals surface area contributed by atoms with Crippen molar-refractivity contribution in [2.75, 3.05) is 19.7 Å². The summed E-state index contributed by atoms with van der Waals surface area (Å²) in [6.45, 7) is 3.29. The molecule has 98 valence electrons. The van der Waals surface area contributed by atoms with Crippen LogP contribution < -0.4 is 11.1 Å². The van der Waals surface area contributed by atoms with E-state index in [4.69, 9.17) is 15.6 Å². The maximum atomic E-state index is 11.1. The lowest BCUT2D eigenvalue weighted by Crippen LogP contribution is -2.57. The molecule has 1 heterocycles. The Morgan fingerprint density at radius 3 is 2.82 bits per heavy atom. The zero-order valence-electron chi connectivity index (χ0n) is 9.89. The number of carbonyl (C=O) groups excluding carboxylic acids is 1. The van der Waals surface area contributed by atoms with E-state index in [0.29, 0.717) is 26.1 Å². The number of carboxylic acid groups (broad SMARTS) is 1. The van der Waals surface area contributed by atoms with Gasteiger partial charge in [-0.3, -0.25) is 0 Å². The van der Waals surface area contributed by atoms with E-state index in [2.05, 4.69) is 5.32 Å². The molecule has 2 unspecified atom stereocenters. The van der Waals surface area contributed by atoms with Crippen LogP contribution in [0.2, 0.25) is 0 Å². The second-order valence-electron chi connectivity index (χ2n) is 4.04. The Morgan fingerprint density at radius 1 is 1.59 bits per heavy atom. The molecule has 0 aromatic carbocycles. The first-order valence-electron chi connectivity index (χ1n) is 5.70. The molecular formula is C10H19N3O4. The minimum Gasteiger partial charge on any atom is -0.465 e. The van der Waals surface area contributed by atoms with Crippen molar-refractivity contribution in [1.29, 1.82) is 0 Å². The highest BCUT2D eigenvalue weighted by Gasteiger charge is 2.32. The molecular weight excluding hydrogens is 226 g/mol. The Balaban J connectivity index is 2.58. The summed E-state index contributed by atoms with van der Waals surface area (Å²) in [6.07, 6.45) is -0.0452. The number of hydrogen-bond donors (Lipinski definition) is 3. The van der Waals surface area contributed by atoms with Gasteiger partial charge in [0.05, 0.1) is 18.7 Å². The Bertz CT molecular complexity index is 285. The van der Waals surface area contributed by atoms with Crippen molar-refractivity contribution in [3.05, 3.63) is 0 Å². The fourth-order valence-corrected chi connectivity index (χ4v) is 1.88. The summed E-state index contributed by atoms with van der Waals surface area (Å²) < 4.78 is 5.55. The number of urea groups is 1. The van der Waals surface area contributed by atoms with Gasteiger partial charge in [-0.15, -0.1) is 0 Å². The van der Waals surface area contributed by atoms with E-state index in [1.807, 2.05) is 6.92 Å². The van der Waals surface area contributed by atoms with Crippen LogP contribution in [0.3, 0.4) is 0 Å². The Morgan fingerprint density at radius 2 is 2.29 bits per heavy atom. The third kappa shape index (κ3) is 4.10. The molecule has 1 aliphatic rings. The molecule has 17 heavy (non-hydrogen) atoms. The molecule has 7 nitrogen and oxygen atoms in total. The van der Waals surface area contributed by atoms with Gasteiger partial charge in [0.15, 0.2) is 0 Å². The van der Waals surface area contributed by atoms with Crippen LogP contribution in [-0.4, -0.2) is 54.0 Å². The highest BCUT2D eigenvalue weighted by atomic mass is 16.5. The van der Waals surface area contributed by atoms with E-state index in [-0.39, 0.29) is 12.1 Å². The van der Waals surface area contributed by atoms with Crippen molar-refractivity contribution in [2.45, 2.75) is 31.9 Å². The second kappa shape index (κ2) is 6.29. The van der Waals surface area contributed by atoms with Gasteiger partial charge in [0.2, 0.25) is 0 Å². The molecule has 1 saturated heterocycles. The summed E-state index contributed by atoms with van der Waals surface area (Å²) in [4.78, 5) is 23.2. The quantitative estimate of drug-likeness (QED) is 0.658. The van der Waals surface area contributed by atoms with Gasteiger partial charge in [0.25, 0.3) is 0 Å². The van der Waals surface area contributed by atoms with Crippen molar-refractivity contribution >= 4 is 12.1 Å². The number of primary amides is 1. The SMILES string of the molecule is CCCOC1CN(C(N)=O)CCC1NC(=O)O. The number of carbonyl (C=O) groups is 2. The lowest BCUT2D eigenvalue weighted by atomic mass is 10.0. The minimum atomic E-state index is -1.08. The van der Waals surface area contributed by atoms with Crippen molar-refractivity contribution in [3.8, 4) is 0 Å². The molecule has 3 amide bonds. The van der Waals surface area contributed by atoms with Gasteiger partial charge in [0, 0.05) is 13.2 Å². The molecule has 7 heteroatoms. The average molecular weight is 245 g/mol. The van der Waals surface area contributed by atoms with Crippen LogP contribution in [0.15, 0.2) is 0 Å². The Labute approximate surface area is 99.9 Å². The molecule has 1 fully saturated rings. The number of likely N-dealkylation sites (tertiary alicyclic amines) is 1. The van der Waals surface area contributed by atoms with Crippen molar-refractivity contribution in [3.63, 3.8) is 0 Å². The normalized spacial score (nSPS) is 24.4. The number of amides is 3. The fourth-order valence-electron chi connectivity index (χ4n) is 1.88. The monoisotopic (exact) mass is 245 g/mol. The highest BCUT2D eigenvalue weighted by molar-refractivity contribution is 5.72. The van der Waals surface area contributed by atoms with Gasteiger partial charge >= 0.3 is 12.1 Å². The van der Waals surface area contributed by atoms with E-state index in [0.717, 1.165) is 6.42 Å². The van der Waals surface area contributed by atoms with Gasteiger partial charge in [0.1, 0.15) is 0 Å². The summed E-state index contributed by atoms with van der Waals surface area (Å²) in [7, 11) is 0. The number of piperidine rings is 1. The van der Waals surface area contributed by atoms with Gasteiger partial charge in [-0.1, -0.05) is 6.92 Å². The number of nitrogens with two attached hydrogens (primary N) is 1. The number of rotatable bonds is 4. The highest BCUT2D eigenvalue weighted by Crippen LogP contribution is 2.14. The third-order valence-corrected chi connectivity index (χ3v) is 2.72. The van der Waals surface area contributed by atoms with E-state index in [1.54, 1.807) is 0 Å². The summed E-state index contributed by atoms with van der Waals surface area (Å²) >= 11 is 0. The number of nitrogens with zero attached hydrogens (tertiary/aromatic N) is 1. The first kappa shape index (κ1) is 13.6. The van der Waals surface area contributed by atoms with Gasteiger partial charge < -0.3 is 25.8 Å². The molecule has 0 saturated carbocycles. The van der Waals surface area contributed by atoms with Crippen LogP contribution in [0.25, 0.3) is 0 Å². The van der Waals surface area contributed by atoms with E-state index < -0.39 is 12.1 Å². The largest absolute Gasteiger partial charge is 0.465 e. The summed E-state index contributed by atoms with van der Waals surface area (Å²) in [5.41, 5.74) is 5.20. The maximum absolute atomic E-state index is 11.1. The van der Waals surface area contributed by atoms with Crippen LogP contribution in [0.4, 0.5) is 9.59 Å². The first-order valence-corrected chi connectivity index (χ1v) is 5.70. The predicted octanol–water partition coefficient (Wildman–Crippen LogP) is 0.202. The zero-order chi connectivity index (χ0) is 12.8. The van der Waals surface area contributed by atoms with Crippen LogP contribution in [0, 0.1) is 0 Å². The van der Waals surface area contributed by atoms with Crippen LogP contribution >= 0.6 is 0 Å². The average Bonchev–Trinajstić information content (AvgIpc) is 2.26. The third-order valence-electron chi connectivity index (χ3n) is 2.72. The molecule has 1 aliphatic heterocycles. The summed E-state index contributed by atoms with van der Waals surface area (Å²) in [5.74, 6) is 0. The van der Waals surface area contributed by atoms with Crippen molar-refractivity contribution < 1.29 is 19.4 Å². The Kier molecular flexibility index (Phi) is 5.02. The molecule has 0 aromatic rings. The second-order valence-corrected chi connectivity index (χ2v) is 4.04. The van der Waals surface area contributed by atoms with Crippen LogP contribution in [0.5, 0.6) is 0 Å². The molecule has 0 bridgehead atoms. The molecule has 4 N–H and O–H groups in total. The van der Waals surface area contributed by atoms with Crippen LogP contribution in [-0.2, 0) is 4.74 Å². The van der Waals surface area contributed by atoms with E-state index in [9.17, 15) is 9.59 Å². The predicted molar refractivity (Wildman–Crippen MR) is 60.8 cm³/mol. The lowest BCUT2D eigenvalue weighted by Gasteiger charge is -2.37. The number of ether oxygens (including phenoxy) is 1. The zero-order valence-corrected chi connectivity index (χ0v) is 9.89. The molecule has 0 aliphatic carbocycles. The fraction of sp³-hybridized carbons (Fsp3) is 0.800. The lowest BCUT2D eigenvalue weighted by molar-refractivity contribution is -0.00991. The van der Waals surface area contributed by atoms with Crippen LogP contribution in [0.1, 0.15) is 19.8 Å². The smallest absolute Gasteiger partial charge is 0.404 e. The standard InChI is InChI=1S/C10H19N3O4/c1-2-5-17-8-6-13(9(11)14)4-3-7(8)12-10(15)16/h7-8,12H,2-6H2,1H3,(H2,11,14)(H,15,16).